The van der Waals surface area contributed by atoms with Gasteiger partial charge in [0, 0.05) is 53.7 Å². The number of esters is 2. The van der Waals surface area contributed by atoms with E-state index in [4.69, 9.17) is 21.1 Å². The number of cyclic esters (lactones) is 2. The van der Waals surface area contributed by atoms with Gasteiger partial charge in [-0.1, -0.05) is 11.6 Å². The summed E-state index contributed by atoms with van der Waals surface area (Å²) in [6, 6.07) is 7.75. The second-order valence-corrected chi connectivity index (χ2v) is 9.67. The monoisotopic (exact) mass is 454 g/mol. The summed E-state index contributed by atoms with van der Waals surface area (Å²) in [6.07, 6.45) is 5.68. The summed E-state index contributed by atoms with van der Waals surface area (Å²) >= 11 is 7.91. The van der Waals surface area contributed by atoms with E-state index in [9.17, 15) is 9.59 Å². The van der Waals surface area contributed by atoms with Crippen molar-refractivity contribution in [3.63, 3.8) is 0 Å². The van der Waals surface area contributed by atoms with Gasteiger partial charge in [-0.15, -0.1) is 11.3 Å². The first-order valence-corrected chi connectivity index (χ1v) is 11.2. The highest BCUT2D eigenvalue weighted by Crippen LogP contribution is 2.43. The number of rotatable bonds is 3. The highest BCUT2D eigenvalue weighted by Gasteiger charge is 2.43. The normalized spacial score (nSPS) is 18.0. The molecule has 31 heavy (non-hydrogen) atoms. The Morgan fingerprint density at radius 2 is 1.94 bits per heavy atom. The molecular weight excluding hydrogens is 436 g/mol. The van der Waals surface area contributed by atoms with E-state index in [2.05, 4.69) is 9.98 Å². The van der Waals surface area contributed by atoms with Gasteiger partial charge in [0.15, 0.2) is 5.92 Å². The molecule has 1 aromatic carbocycles. The van der Waals surface area contributed by atoms with Gasteiger partial charge in [-0.2, -0.15) is 0 Å². The van der Waals surface area contributed by atoms with Gasteiger partial charge in [0.1, 0.15) is 0 Å². The number of carbonyl (C=O) groups is 2. The Labute approximate surface area is 187 Å². The fourth-order valence-electron chi connectivity index (χ4n) is 3.99. The maximum absolute atomic E-state index is 12.4. The minimum Gasteiger partial charge on any atom is -0.422 e. The minimum atomic E-state index is -1.23. The molecule has 0 radical (unpaired) electrons. The van der Waals surface area contributed by atoms with E-state index in [1.807, 2.05) is 30.5 Å². The van der Waals surface area contributed by atoms with Crippen molar-refractivity contribution in [3.05, 3.63) is 45.9 Å². The van der Waals surface area contributed by atoms with E-state index in [1.54, 1.807) is 20.0 Å². The van der Waals surface area contributed by atoms with Crippen molar-refractivity contribution in [2.75, 3.05) is 0 Å². The third kappa shape index (κ3) is 3.72. The number of aliphatic imine (C=N–C) groups is 1. The molecule has 0 atom stereocenters. The van der Waals surface area contributed by atoms with Gasteiger partial charge in [0.25, 0.3) is 5.79 Å². The number of hydrogen-bond acceptors (Lipinski definition) is 7. The number of fused-ring (bicyclic) bond motifs is 2. The summed E-state index contributed by atoms with van der Waals surface area (Å²) in [4.78, 5) is 34.7. The molecule has 0 spiro atoms. The van der Waals surface area contributed by atoms with Crippen LogP contribution in [0.5, 0.6) is 0 Å². The summed E-state index contributed by atoms with van der Waals surface area (Å²) in [7, 11) is 0. The summed E-state index contributed by atoms with van der Waals surface area (Å²) in [5.41, 5.74) is 4.79. The van der Waals surface area contributed by atoms with Gasteiger partial charge < -0.3 is 9.47 Å². The van der Waals surface area contributed by atoms with Crippen LogP contribution >= 0.6 is 22.9 Å². The molecule has 0 aliphatic carbocycles. The van der Waals surface area contributed by atoms with Crippen LogP contribution < -0.4 is 0 Å². The van der Waals surface area contributed by atoms with Crippen LogP contribution in [0.2, 0.25) is 5.02 Å². The van der Waals surface area contributed by atoms with Crippen LogP contribution in [0.1, 0.15) is 30.7 Å². The average Bonchev–Trinajstić information content (AvgIpc) is 3.12. The lowest BCUT2D eigenvalue weighted by atomic mass is 9.96. The van der Waals surface area contributed by atoms with Crippen LogP contribution in [0.25, 0.3) is 21.3 Å². The summed E-state index contributed by atoms with van der Waals surface area (Å²) < 4.78 is 11.5. The minimum absolute atomic E-state index is 0.208. The zero-order valence-corrected chi connectivity index (χ0v) is 18.5. The molecule has 4 heterocycles. The number of benzene rings is 1. The number of pyridine rings is 1. The zero-order valence-electron chi connectivity index (χ0n) is 17.0. The number of aryl methyl sites for hydroxylation is 1. The van der Waals surface area contributed by atoms with E-state index < -0.39 is 23.6 Å². The molecule has 0 saturated carbocycles. The lowest BCUT2D eigenvalue weighted by Crippen LogP contribution is -2.46. The quantitative estimate of drug-likeness (QED) is 0.398. The fourth-order valence-corrected chi connectivity index (χ4v) is 5.42. The second-order valence-electron chi connectivity index (χ2n) is 8.10. The van der Waals surface area contributed by atoms with Crippen molar-refractivity contribution in [3.8, 4) is 11.1 Å². The number of ether oxygens (including phenoxy) is 2. The van der Waals surface area contributed by atoms with Crippen molar-refractivity contribution in [2.45, 2.75) is 38.9 Å². The Kier molecular flexibility index (Phi) is 4.83. The van der Waals surface area contributed by atoms with Crippen molar-refractivity contribution >= 4 is 57.0 Å². The van der Waals surface area contributed by atoms with Crippen LogP contribution in [-0.4, -0.2) is 28.9 Å². The third-order valence-corrected chi connectivity index (χ3v) is 6.74. The Bertz CT molecular complexity index is 1240. The number of halogens is 1. The average molecular weight is 455 g/mol. The molecule has 0 unspecified atom stereocenters. The molecule has 1 fully saturated rings. The number of carbonyl (C=O) groups excluding carboxylic acids is 2. The summed E-state index contributed by atoms with van der Waals surface area (Å²) in [5, 5.41) is 0.669. The molecule has 3 aromatic rings. The van der Waals surface area contributed by atoms with E-state index in [1.165, 1.54) is 11.3 Å². The van der Waals surface area contributed by atoms with Crippen LogP contribution in [0, 0.1) is 5.92 Å². The van der Waals surface area contributed by atoms with Gasteiger partial charge in [0.05, 0.1) is 15.9 Å². The number of hydrogen-bond donors (Lipinski definition) is 0. The van der Waals surface area contributed by atoms with Crippen molar-refractivity contribution in [2.24, 2.45) is 10.9 Å². The van der Waals surface area contributed by atoms with E-state index in [-0.39, 0.29) is 6.42 Å². The molecular formula is C23H19ClN2O4S. The summed E-state index contributed by atoms with van der Waals surface area (Å²) in [5.74, 6) is -3.34. The van der Waals surface area contributed by atoms with Gasteiger partial charge in [-0.3, -0.25) is 19.6 Å². The maximum atomic E-state index is 12.4. The molecule has 0 N–H and O–H groups in total. The predicted molar refractivity (Wildman–Crippen MR) is 120 cm³/mol. The summed E-state index contributed by atoms with van der Waals surface area (Å²) in [6.45, 7) is 3.09. The van der Waals surface area contributed by atoms with Gasteiger partial charge in [-0.25, -0.2) is 0 Å². The molecule has 2 aliphatic heterocycles. The first-order chi connectivity index (χ1) is 14.8. The highest BCUT2D eigenvalue weighted by atomic mass is 35.5. The number of nitrogens with zero attached hydrogens (tertiary/aromatic N) is 2. The van der Waals surface area contributed by atoms with Crippen molar-refractivity contribution in [1.29, 1.82) is 0 Å². The third-order valence-electron chi connectivity index (χ3n) is 5.34. The molecule has 6 nitrogen and oxygen atoms in total. The first kappa shape index (κ1) is 20.2. The van der Waals surface area contributed by atoms with Gasteiger partial charge in [0.2, 0.25) is 0 Å². The SMILES string of the molecule is CC1(C)OC(=O)C(Cc2cc3nccc(-c4cc(Cl)cc5c4N=CCC5)c3s2)C(=O)O1. The number of thiophene rings is 1. The van der Waals surface area contributed by atoms with Crippen LogP contribution in [0.3, 0.4) is 0 Å². The zero-order chi connectivity index (χ0) is 21.8. The van der Waals surface area contributed by atoms with E-state index in [0.29, 0.717) is 5.02 Å². The van der Waals surface area contributed by atoms with Crippen molar-refractivity contribution < 1.29 is 19.1 Å². The first-order valence-electron chi connectivity index (χ1n) is 9.99. The molecule has 0 amide bonds. The highest BCUT2D eigenvalue weighted by molar-refractivity contribution is 7.19. The largest absolute Gasteiger partial charge is 0.422 e. The van der Waals surface area contributed by atoms with Crippen LogP contribution in [-0.2, 0) is 31.9 Å². The van der Waals surface area contributed by atoms with E-state index >= 15 is 0 Å². The predicted octanol–water partition coefficient (Wildman–Crippen LogP) is 5.26. The van der Waals surface area contributed by atoms with Crippen LogP contribution in [0.4, 0.5) is 5.69 Å². The van der Waals surface area contributed by atoms with Crippen LogP contribution in [0.15, 0.2) is 35.5 Å². The Balaban J connectivity index is 1.55. The Morgan fingerprint density at radius 3 is 2.71 bits per heavy atom. The lowest BCUT2D eigenvalue weighted by Gasteiger charge is -2.32. The maximum Gasteiger partial charge on any atom is 0.323 e. The Hall–Kier alpha value is -2.77. The number of aromatic nitrogens is 1. The lowest BCUT2D eigenvalue weighted by molar-refractivity contribution is -0.239. The molecule has 1 saturated heterocycles. The van der Waals surface area contributed by atoms with Gasteiger partial charge in [-0.05, 0) is 42.7 Å². The topological polar surface area (TPSA) is 77.9 Å². The Morgan fingerprint density at radius 1 is 1.16 bits per heavy atom. The smallest absolute Gasteiger partial charge is 0.323 e. The second kappa shape index (κ2) is 7.43. The van der Waals surface area contributed by atoms with E-state index in [0.717, 1.165) is 50.3 Å². The van der Waals surface area contributed by atoms with Gasteiger partial charge >= 0.3 is 11.9 Å². The molecule has 2 aromatic heterocycles. The van der Waals surface area contributed by atoms with Crippen molar-refractivity contribution in [1.82, 2.24) is 4.98 Å². The fraction of sp³-hybridized carbons (Fsp3) is 0.304. The molecule has 2 aliphatic rings. The molecule has 158 valence electrons. The molecule has 5 rings (SSSR count). The standard InChI is InChI=1S/C23H19ClN2O4S/c1-23(2)29-21(27)17(22(28)30-23)10-14-11-18-20(31-14)15(5-7-25-18)16-9-13(24)8-12-4-3-6-26-19(12)16/h5-9,11,17H,3-4,10H2,1-2H3. The molecule has 0 bridgehead atoms. The molecule has 8 heteroatoms.